The van der Waals surface area contributed by atoms with Crippen molar-refractivity contribution in [2.75, 3.05) is 0 Å². The minimum atomic E-state index is -0.932. The molecule has 0 saturated heterocycles. The summed E-state index contributed by atoms with van der Waals surface area (Å²) in [5.74, 6) is -0.266. The van der Waals surface area contributed by atoms with Gasteiger partial charge in [-0.05, 0) is 46.3 Å². The molecular weight excluding hydrogens is 304 g/mol. The second-order valence-corrected chi connectivity index (χ2v) is 5.26. The minimum absolute atomic E-state index is 0.260. The zero-order chi connectivity index (χ0) is 12.3. The number of carboxylic acids is 1. The Morgan fingerprint density at radius 2 is 2.06 bits per heavy atom. The van der Waals surface area contributed by atoms with Crippen molar-refractivity contribution in [1.29, 1.82) is 0 Å². The first kappa shape index (κ1) is 12.1. The Labute approximate surface area is 111 Å². The predicted octanol–water partition coefficient (Wildman–Crippen LogP) is 3.79. The van der Waals surface area contributed by atoms with Crippen LogP contribution in [0, 0.1) is 0 Å². The third-order valence-electron chi connectivity index (χ3n) is 2.10. The Morgan fingerprint density at radius 3 is 2.59 bits per heavy atom. The first-order chi connectivity index (χ1) is 8.15. The maximum absolute atomic E-state index is 10.6. The fourth-order valence-corrected chi connectivity index (χ4v) is 2.64. The molecule has 0 atom stereocenters. The number of benzene rings is 1. The summed E-state index contributed by atoms with van der Waals surface area (Å²) in [6.45, 7) is 0.489. The highest BCUT2D eigenvalue weighted by atomic mass is 79.9. The van der Waals surface area contributed by atoms with Crippen molar-refractivity contribution in [2.45, 2.75) is 6.61 Å². The van der Waals surface area contributed by atoms with Crippen LogP contribution in [-0.2, 0) is 6.61 Å². The van der Waals surface area contributed by atoms with Crippen LogP contribution < -0.4 is 4.74 Å². The molecule has 17 heavy (non-hydrogen) atoms. The summed E-state index contributed by atoms with van der Waals surface area (Å²) >= 11 is 4.98. The zero-order valence-electron chi connectivity index (χ0n) is 8.72. The van der Waals surface area contributed by atoms with E-state index in [4.69, 9.17) is 9.84 Å². The fraction of sp³-hybridized carbons (Fsp3) is 0.0833. The SMILES string of the molecule is O=C(O)c1ccc(OCc2cc(Br)cs2)cc1. The van der Waals surface area contributed by atoms with E-state index < -0.39 is 5.97 Å². The molecule has 0 aliphatic carbocycles. The molecule has 0 spiro atoms. The summed E-state index contributed by atoms with van der Waals surface area (Å²) in [6.07, 6.45) is 0. The average molecular weight is 313 g/mol. The van der Waals surface area contributed by atoms with Crippen LogP contribution in [0.25, 0.3) is 0 Å². The van der Waals surface area contributed by atoms with E-state index in [1.165, 1.54) is 12.1 Å². The molecule has 0 aliphatic rings. The highest BCUT2D eigenvalue weighted by Crippen LogP contribution is 2.21. The summed E-state index contributed by atoms with van der Waals surface area (Å²) in [6, 6.07) is 8.37. The van der Waals surface area contributed by atoms with Crippen LogP contribution in [0.15, 0.2) is 40.2 Å². The second kappa shape index (κ2) is 5.33. The fourth-order valence-electron chi connectivity index (χ4n) is 1.28. The van der Waals surface area contributed by atoms with Gasteiger partial charge in [0.15, 0.2) is 0 Å². The lowest BCUT2D eigenvalue weighted by Gasteiger charge is -2.04. The Morgan fingerprint density at radius 1 is 1.35 bits per heavy atom. The third kappa shape index (κ3) is 3.31. The quantitative estimate of drug-likeness (QED) is 0.934. The van der Waals surface area contributed by atoms with Gasteiger partial charge in [-0.15, -0.1) is 11.3 Å². The molecule has 1 aromatic heterocycles. The van der Waals surface area contributed by atoms with E-state index in [2.05, 4.69) is 15.9 Å². The first-order valence-corrected chi connectivity index (χ1v) is 6.51. The van der Waals surface area contributed by atoms with Gasteiger partial charge in [-0.2, -0.15) is 0 Å². The molecule has 0 saturated carbocycles. The number of halogens is 1. The topological polar surface area (TPSA) is 46.5 Å². The molecule has 1 N–H and O–H groups in total. The van der Waals surface area contributed by atoms with Crippen LogP contribution in [-0.4, -0.2) is 11.1 Å². The molecule has 5 heteroatoms. The lowest BCUT2D eigenvalue weighted by Crippen LogP contribution is -1.97. The number of thiophene rings is 1. The molecule has 2 rings (SSSR count). The van der Waals surface area contributed by atoms with Gasteiger partial charge in [0.1, 0.15) is 12.4 Å². The summed E-state index contributed by atoms with van der Waals surface area (Å²) in [7, 11) is 0. The first-order valence-electron chi connectivity index (χ1n) is 4.84. The van der Waals surface area contributed by atoms with Crippen molar-refractivity contribution in [3.05, 3.63) is 50.6 Å². The number of hydrogen-bond acceptors (Lipinski definition) is 3. The van der Waals surface area contributed by atoms with E-state index in [-0.39, 0.29) is 5.56 Å². The molecule has 2 aromatic rings. The molecule has 1 heterocycles. The van der Waals surface area contributed by atoms with E-state index >= 15 is 0 Å². The number of ether oxygens (including phenoxy) is 1. The van der Waals surface area contributed by atoms with Crippen molar-refractivity contribution in [3.63, 3.8) is 0 Å². The Bertz CT molecular complexity index is 519. The average Bonchev–Trinajstić information content (AvgIpc) is 2.73. The Balaban J connectivity index is 1.97. The molecule has 3 nitrogen and oxygen atoms in total. The number of carboxylic acid groups (broad SMARTS) is 1. The molecule has 0 fully saturated rings. The molecule has 0 amide bonds. The van der Waals surface area contributed by atoms with Gasteiger partial charge >= 0.3 is 5.97 Å². The molecule has 88 valence electrons. The van der Waals surface area contributed by atoms with E-state index in [0.717, 1.165) is 9.35 Å². The van der Waals surface area contributed by atoms with Crippen LogP contribution in [0.4, 0.5) is 0 Å². The lowest BCUT2D eigenvalue weighted by molar-refractivity contribution is 0.0697. The summed E-state index contributed by atoms with van der Waals surface area (Å²) in [4.78, 5) is 11.8. The smallest absolute Gasteiger partial charge is 0.335 e. The standard InChI is InChI=1S/C12H9BrO3S/c13-9-5-11(17-7-9)6-16-10-3-1-8(2-4-10)12(14)15/h1-5,7H,6H2,(H,14,15). The number of aromatic carboxylic acids is 1. The van der Waals surface area contributed by atoms with Gasteiger partial charge in [0.25, 0.3) is 0 Å². The van der Waals surface area contributed by atoms with Crippen molar-refractivity contribution < 1.29 is 14.6 Å². The van der Waals surface area contributed by atoms with E-state index in [1.807, 2.05) is 11.4 Å². The van der Waals surface area contributed by atoms with Crippen molar-refractivity contribution in [2.24, 2.45) is 0 Å². The summed E-state index contributed by atoms with van der Waals surface area (Å²) in [5.41, 5.74) is 0.260. The lowest BCUT2D eigenvalue weighted by atomic mass is 10.2. The molecule has 0 bridgehead atoms. The van der Waals surface area contributed by atoms with Gasteiger partial charge in [-0.3, -0.25) is 0 Å². The normalized spacial score (nSPS) is 10.2. The van der Waals surface area contributed by atoms with Gasteiger partial charge < -0.3 is 9.84 Å². The largest absolute Gasteiger partial charge is 0.488 e. The zero-order valence-corrected chi connectivity index (χ0v) is 11.1. The highest BCUT2D eigenvalue weighted by molar-refractivity contribution is 9.10. The van der Waals surface area contributed by atoms with Crippen LogP contribution in [0.5, 0.6) is 5.75 Å². The van der Waals surface area contributed by atoms with Crippen molar-refractivity contribution in [3.8, 4) is 5.75 Å². The molecular formula is C12H9BrO3S. The second-order valence-electron chi connectivity index (χ2n) is 3.35. The van der Waals surface area contributed by atoms with Crippen LogP contribution >= 0.6 is 27.3 Å². The van der Waals surface area contributed by atoms with Gasteiger partial charge in [0.05, 0.1) is 5.56 Å². The van der Waals surface area contributed by atoms with Crippen LogP contribution in [0.3, 0.4) is 0 Å². The summed E-state index contributed by atoms with van der Waals surface area (Å²) < 4.78 is 6.58. The van der Waals surface area contributed by atoms with Crippen LogP contribution in [0.2, 0.25) is 0 Å². The number of carbonyl (C=O) groups is 1. The maximum atomic E-state index is 10.6. The minimum Gasteiger partial charge on any atom is -0.488 e. The highest BCUT2D eigenvalue weighted by Gasteiger charge is 2.03. The Hall–Kier alpha value is -1.33. The number of hydrogen-bond donors (Lipinski definition) is 1. The van der Waals surface area contributed by atoms with E-state index in [1.54, 1.807) is 23.5 Å². The molecule has 0 radical (unpaired) electrons. The van der Waals surface area contributed by atoms with E-state index in [0.29, 0.717) is 12.4 Å². The van der Waals surface area contributed by atoms with E-state index in [9.17, 15) is 4.79 Å². The molecule has 1 aromatic carbocycles. The molecule has 0 aliphatic heterocycles. The maximum Gasteiger partial charge on any atom is 0.335 e. The van der Waals surface area contributed by atoms with Crippen LogP contribution in [0.1, 0.15) is 15.2 Å². The molecule has 0 unspecified atom stereocenters. The van der Waals surface area contributed by atoms with Gasteiger partial charge in [-0.25, -0.2) is 4.79 Å². The summed E-state index contributed by atoms with van der Waals surface area (Å²) in [5, 5.41) is 10.7. The van der Waals surface area contributed by atoms with Crippen molar-refractivity contribution in [1.82, 2.24) is 0 Å². The third-order valence-corrected chi connectivity index (χ3v) is 3.78. The number of rotatable bonds is 4. The Kier molecular flexibility index (Phi) is 3.81. The van der Waals surface area contributed by atoms with Gasteiger partial charge in [0, 0.05) is 14.7 Å². The van der Waals surface area contributed by atoms with Crippen molar-refractivity contribution >= 4 is 33.2 Å². The monoisotopic (exact) mass is 312 g/mol. The predicted molar refractivity (Wildman–Crippen MR) is 69.8 cm³/mol. The van der Waals surface area contributed by atoms with Gasteiger partial charge in [0.2, 0.25) is 0 Å². The van der Waals surface area contributed by atoms with Gasteiger partial charge in [-0.1, -0.05) is 0 Å².